The summed E-state index contributed by atoms with van der Waals surface area (Å²) >= 11 is 6.67. The van der Waals surface area contributed by atoms with E-state index in [2.05, 4.69) is 5.32 Å². The number of hydrogen-bond acceptors (Lipinski definition) is 7. The lowest BCUT2D eigenvalue weighted by atomic mass is 10.2. The van der Waals surface area contributed by atoms with Gasteiger partial charge in [-0.05, 0) is 48.7 Å². The van der Waals surface area contributed by atoms with E-state index in [1.54, 1.807) is 24.3 Å². The first kappa shape index (κ1) is 23.0. The Morgan fingerprint density at radius 1 is 1.21 bits per heavy atom. The maximum atomic E-state index is 13.3. The summed E-state index contributed by atoms with van der Waals surface area (Å²) in [5.74, 6) is 0.989. The first-order valence-electron chi connectivity index (χ1n) is 10.6. The zero-order valence-corrected chi connectivity index (χ0v) is 20.3. The number of nitrogens with one attached hydrogen (secondary N) is 1. The van der Waals surface area contributed by atoms with Crippen molar-refractivity contribution in [1.82, 2.24) is 14.3 Å². The van der Waals surface area contributed by atoms with Gasteiger partial charge in [0.05, 0.1) is 24.1 Å². The van der Waals surface area contributed by atoms with Crippen LogP contribution in [0.4, 0.5) is 5.82 Å². The van der Waals surface area contributed by atoms with Crippen LogP contribution in [-0.4, -0.2) is 38.2 Å². The highest BCUT2D eigenvalue weighted by atomic mass is 32.2. The predicted molar refractivity (Wildman–Crippen MR) is 137 cm³/mol. The third-order valence-electron chi connectivity index (χ3n) is 5.28. The van der Waals surface area contributed by atoms with Crippen LogP contribution in [0.2, 0.25) is 0 Å². The summed E-state index contributed by atoms with van der Waals surface area (Å²) < 4.78 is 7.15. The lowest BCUT2D eigenvalue weighted by Crippen LogP contribution is -2.27. The van der Waals surface area contributed by atoms with Crippen LogP contribution < -0.4 is 15.6 Å². The fourth-order valence-corrected chi connectivity index (χ4v) is 4.74. The fourth-order valence-electron chi connectivity index (χ4n) is 3.50. The molecule has 7 nitrogen and oxygen atoms in total. The lowest BCUT2D eigenvalue weighted by molar-refractivity contribution is -0.122. The Morgan fingerprint density at radius 2 is 1.97 bits per heavy atom. The third kappa shape index (κ3) is 4.65. The van der Waals surface area contributed by atoms with E-state index < -0.39 is 0 Å². The zero-order chi connectivity index (χ0) is 23.5. The number of thiocarbonyl (C=S) groups is 1. The van der Waals surface area contributed by atoms with E-state index in [0.717, 1.165) is 23.3 Å². The fraction of sp³-hybridized carbons (Fsp3) is 0.250. The van der Waals surface area contributed by atoms with Gasteiger partial charge >= 0.3 is 0 Å². The number of ether oxygens (including phenoxy) is 1. The zero-order valence-electron chi connectivity index (χ0n) is 18.6. The molecular formula is C24H24N4O3S2. The minimum Gasteiger partial charge on any atom is -0.497 e. The Morgan fingerprint density at radius 3 is 2.67 bits per heavy atom. The third-order valence-corrected chi connectivity index (χ3v) is 6.65. The molecule has 1 N–H and O–H groups in total. The van der Waals surface area contributed by atoms with E-state index in [1.165, 1.54) is 16.2 Å². The molecule has 0 saturated carbocycles. The van der Waals surface area contributed by atoms with Crippen LogP contribution in [0.1, 0.15) is 30.0 Å². The Balaban J connectivity index is 1.71. The number of fused-ring (bicyclic) bond motifs is 1. The van der Waals surface area contributed by atoms with E-state index in [4.69, 9.17) is 21.9 Å². The maximum absolute atomic E-state index is 13.3. The molecule has 4 rings (SSSR count). The molecule has 0 atom stereocenters. The molecule has 0 bridgehead atoms. The smallest absolute Gasteiger partial charge is 0.267 e. The molecule has 3 aromatic rings. The summed E-state index contributed by atoms with van der Waals surface area (Å²) in [6, 6.07) is 11.2. The van der Waals surface area contributed by atoms with Crippen LogP contribution in [0.15, 0.2) is 52.3 Å². The van der Waals surface area contributed by atoms with Crippen molar-refractivity contribution < 1.29 is 9.53 Å². The van der Waals surface area contributed by atoms with Crippen molar-refractivity contribution in [1.29, 1.82) is 0 Å². The van der Waals surface area contributed by atoms with Gasteiger partial charge in [0.1, 0.15) is 21.5 Å². The minimum atomic E-state index is -0.234. The molecule has 1 aromatic carbocycles. The highest BCUT2D eigenvalue weighted by Gasteiger charge is 2.32. The van der Waals surface area contributed by atoms with Crippen molar-refractivity contribution in [3.8, 4) is 5.75 Å². The molecule has 0 spiro atoms. The summed E-state index contributed by atoms with van der Waals surface area (Å²) in [5, 5.41) is 3.24. The monoisotopic (exact) mass is 480 g/mol. The SMILES string of the molecule is CCCNc1nc2c(C)cccn2c(=O)c1/C=C1/SC(=S)N(Cc2ccc(OC)cc2)C1=O. The van der Waals surface area contributed by atoms with E-state index in [9.17, 15) is 9.59 Å². The topological polar surface area (TPSA) is 75.9 Å². The van der Waals surface area contributed by atoms with E-state index >= 15 is 0 Å². The molecule has 1 saturated heterocycles. The number of anilines is 1. The molecule has 9 heteroatoms. The van der Waals surface area contributed by atoms with Crippen LogP contribution in [0.5, 0.6) is 5.75 Å². The van der Waals surface area contributed by atoms with Gasteiger partial charge in [0.2, 0.25) is 0 Å². The average Bonchev–Trinajstić information content (AvgIpc) is 3.08. The molecule has 33 heavy (non-hydrogen) atoms. The standard InChI is InChI=1S/C24H24N4O3S2/c1-4-11-25-20-18(22(29)27-12-5-6-15(2)21(27)26-20)13-19-23(30)28(24(32)33-19)14-16-7-9-17(31-3)10-8-16/h5-10,12-13,25H,4,11,14H2,1-3H3/b19-13+. The Bertz CT molecular complexity index is 1320. The van der Waals surface area contributed by atoms with Gasteiger partial charge in [0.25, 0.3) is 11.5 Å². The molecule has 0 aliphatic carbocycles. The van der Waals surface area contributed by atoms with Crippen molar-refractivity contribution in [3.63, 3.8) is 0 Å². The Hall–Kier alpha value is -3.17. The number of rotatable bonds is 7. The molecule has 170 valence electrons. The minimum absolute atomic E-state index is 0.226. The van der Waals surface area contributed by atoms with Gasteiger partial charge < -0.3 is 10.1 Å². The van der Waals surface area contributed by atoms with E-state index in [0.29, 0.717) is 39.3 Å². The quantitative estimate of drug-likeness (QED) is 0.401. The molecule has 2 aromatic heterocycles. The average molecular weight is 481 g/mol. The van der Waals surface area contributed by atoms with Crippen molar-refractivity contribution in [2.45, 2.75) is 26.8 Å². The summed E-state index contributed by atoms with van der Waals surface area (Å²) in [6.45, 7) is 4.96. The van der Waals surface area contributed by atoms with E-state index in [-0.39, 0.29) is 11.5 Å². The van der Waals surface area contributed by atoms with Crippen LogP contribution in [0, 0.1) is 6.92 Å². The van der Waals surface area contributed by atoms with Gasteiger partial charge in [-0.1, -0.05) is 49.1 Å². The predicted octanol–water partition coefficient (Wildman–Crippen LogP) is 4.23. The van der Waals surface area contributed by atoms with Crippen molar-refractivity contribution in [2.75, 3.05) is 19.0 Å². The van der Waals surface area contributed by atoms with Gasteiger partial charge in [-0.15, -0.1) is 0 Å². The number of hydrogen-bond donors (Lipinski definition) is 1. The number of nitrogens with zero attached hydrogens (tertiary/aromatic N) is 3. The molecule has 3 heterocycles. The van der Waals surface area contributed by atoms with Crippen LogP contribution >= 0.6 is 24.0 Å². The summed E-state index contributed by atoms with van der Waals surface area (Å²) in [6.07, 6.45) is 4.17. The second-order valence-electron chi connectivity index (χ2n) is 7.61. The van der Waals surface area contributed by atoms with Gasteiger partial charge in [-0.3, -0.25) is 18.9 Å². The summed E-state index contributed by atoms with van der Waals surface area (Å²) in [4.78, 5) is 33.1. The number of pyridine rings is 1. The highest BCUT2D eigenvalue weighted by molar-refractivity contribution is 8.26. The maximum Gasteiger partial charge on any atom is 0.267 e. The molecule has 0 unspecified atom stereocenters. The molecule has 1 aliphatic rings. The van der Waals surface area contributed by atoms with E-state index in [1.807, 2.05) is 50.2 Å². The number of carbonyl (C=O) groups excluding carboxylic acids is 1. The highest BCUT2D eigenvalue weighted by Crippen LogP contribution is 2.34. The molecule has 1 aliphatic heterocycles. The van der Waals surface area contributed by atoms with Crippen LogP contribution in [-0.2, 0) is 11.3 Å². The number of carbonyl (C=O) groups is 1. The van der Waals surface area contributed by atoms with Crippen molar-refractivity contribution >= 4 is 51.7 Å². The molecule has 0 radical (unpaired) electrons. The second-order valence-corrected chi connectivity index (χ2v) is 9.28. The van der Waals surface area contributed by atoms with Gasteiger partial charge in [-0.25, -0.2) is 4.98 Å². The van der Waals surface area contributed by atoms with Gasteiger partial charge in [0.15, 0.2) is 0 Å². The number of methoxy groups -OCH3 is 1. The number of aryl methyl sites for hydroxylation is 1. The molecular weight excluding hydrogens is 456 g/mol. The number of thioether (sulfide) groups is 1. The first-order valence-corrected chi connectivity index (χ1v) is 11.8. The molecule has 1 amide bonds. The number of amides is 1. The van der Waals surface area contributed by atoms with Crippen LogP contribution in [0.25, 0.3) is 11.7 Å². The lowest BCUT2D eigenvalue weighted by Gasteiger charge is -2.15. The Labute approximate surface area is 201 Å². The van der Waals surface area contributed by atoms with Crippen molar-refractivity contribution in [2.24, 2.45) is 0 Å². The Kier molecular flexibility index (Phi) is 6.80. The largest absolute Gasteiger partial charge is 0.497 e. The van der Waals surface area contributed by atoms with Crippen molar-refractivity contribution in [3.05, 3.63) is 74.5 Å². The number of benzene rings is 1. The molecule has 1 fully saturated rings. The van der Waals surface area contributed by atoms with Gasteiger partial charge in [-0.2, -0.15) is 0 Å². The summed E-state index contributed by atoms with van der Waals surface area (Å²) in [5.41, 5.74) is 2.53. The summed E-state index contributed by atoms with van der Waals surface area (Å²) in [7, 11) is 1.61. The van der Waals surface area contributed by atoms with Crippen LogP contribution in [0.3, 0.4) is 0 Å². The first-order chi connectivity index (χ1) is 15.9. The normalized spacial score (nSPS) is 15.0. The second kappa shape index (κ2) is 9.76. The van der Waals surface area contributed by atoms with Gasteiger partial charge in [0, 0.05) is 12.7 Å². The number of aromatic nitrogens is 2.